The van der Waals surface area contributed by atoms with E-state index in [0.29, 0.717) is 12.8 Å². The number of aliphatic hydroxyl groups excluding tert-OH is 4. The quantitative estimate of drug-likeness (QED) is 0.0264. The van der Waals surface area contributed by atoms with E-state index >= 15 is 0 Å². The standard InChI is InChI=1S/C55H98O10/c1-3-5-7-9-11-13-15-17-19-21-22-23-24-25-26-28-30-32-34-36-38-40-42-44-51(58)64-48(47-63-55-54(61)53(60)52(59)49(45-56)65-55)46-62-50(57)43-41-39-37-35-33-31-29-27-20-18-16-14-12-10-8-6-4-2/h18,20,29,31,35-38,48-49,52-56,59-61H,3-17,19,21-28,30,32-34,39-47H2,1-2H3/b20-18+,31-29+,37-35+,38-36+/t48-,49-,52+,53?,54?,55-/m1/s1. The first kappa shape index (κ1) is 60.7. The van der Waals surface area contributed by atoms with Gasteiger partial charge in [-0.2, -0.15) is 0 Å². The molecule has 1 aliphatic heterocycles. The molecule has 0 aromatic heterocycles. The van der Waals surface area contributed by atoms with E-state index in [2.05, 4.69) is 62.5 Å². The van der Waals surface area contributed by atoms with Gasteiger partial charge in [0.1, 0.15) is 31.0 Å². The number of hydrogen-bond acceptors (Lipinski definition) is 10. The molecule has 1 saturated heterocycles. The summed E-state index contributed by atoms with van der Waals surface area (Å²) in [4.78, 5) is 25.4. The van der Waals surface area contributed by atoms with Crippen LogP contribution in [0.2, 0.25) is 0 Å². The van der Waals surface area contributed by atoms with Gasteiger partial charge in [0.05, 0.1) is 13.2 Å². The second-order valence-electron chi connectivity index (χ2n) is 18.3. The van der Waals surface area contributed by atoms with Crippen molar-refractivity contribution < 1.29 is 49.0 Å². The van der Waals surface area contributed by atoms with E-state index in [1.807, 2.05) is 0 Å². The van der Waals surface area contributed by atoms with Crippen LogP contribution in [0.15, 0.2) is 48.6 Å². The highest BCUT2D eigenvalue weighted by atomic mass is 16.7. The molecule has 1 rings (SSSR count). The van der Waals surface area contributed by atoms with Crippen LogP contribution >= 0.6 is 0 Å². The average Bonchev–Trinajstić information content (AvgIpc) is 3.30. The van der Waals surface area contributed by atoms with Crippen LogP contribution in [0.1, 0.15) is 232 Å². The maximum Gasteiger partial charge on any atom is 0.306 e. The highest BCUT2D eigenvalue weighted by Crippen LogP contribution is 2.23. The Bertz CT molecular complexity index is 1200. The lowest BCUT2D eigenvalue weighted by molar-refractivity contribution is -0.305. The molecule has 0 aliphatic carbocycles. The molecule has 2 unspecified atom stereocenters. The Morgan fingerprint density at radius 1 is 0.477 bits per heavy atom. The first-order chi connectivity index (χ1) is 31.8. The minimum atomic E-state index is -1.61. The van der Waals surface area contributed by atoms with E-state index in [4.69, 9.17) is 18.9 Å². The lowest BCUT2D eigenvalue weighted by atomic mass is 9.99. The second-order valence-corrected chi connectivity index (χ2v) is 18.3. The van der Waals surface area contributed by atoms with Crippen LogP contribution in [0, 0.1) is 0 Å². The molecule has 378 valence electrons. The molecule has 0 aromatic rings. The van der Waals surface area contributed by atoms with Crippen molar-refractivity contribution in [3.8, 4) is 0 Å². The van der Waals surface area contributed by atoms with Crippen LogP contribution in [-0.4, -0.2) is 89.0 Å². The Kier molecular flexibility index (Phi) is 42.4. The zero-order valence-corrected chi connectivity index (χ0v) is 41.5. The molecule has 0 amide bonds. The van der Waals surface area contributed by atoms with Gasteiger partial charge in [-0.05, 0) is 64.2 Å². The van der Waals surface area contributed by atoms with E-state index in [9.17, 15) is 30.0 Å². The lowest BCUT2D eigenvalue weighted by Gasteiger charge is -2.39. The van der Waals surface area contributed by atoms with Gasteiger partial charge in [-0.15, -0.1) is 0 Å². The molecule has 6 atom stereocenters. The summed E-state index contributed by atoms with van der Waals surface area (Å²) in [5.41, 5.74) is 0. The fourth-order valence-corrected chi connectivity index (χ4v) is 7.97. The first-order valence-electron chi connectivity index (χ1n) is 26.7. The number of hydrogen-bond donors (Lipinski definition) is 4. The molecular formula is C55H98O10. The molecule has 1 aliphatic rings. The summed E-state index contributed by atoms with van der Waals surface area (Å²) in [5.74, 6) is -0.899. The largest absolute Gasteiger partial charge is 0.462 e. The Balaban J connectivity index is 2.28. The van der Waals surface area contributed by atoms with Crippen LogP contribution in [0.3, 0.4) is 0 Å². The van der Waals surface area contributed by atoms with Crippen LogP contribution in [0.25, 0.3) is 0 Å². The number of carbonyl (C=O) groups is 2. The van der Waals surface area contributed by atoms with Gasteiger partial charge in [0.25, 0.3) is 0 Å². The summed E-state index contributed by atoms with van der Waals surface area (Å²) in [6.45, 7) is 3.37. The Morgan fingerprint density at radius 2 is 0.862 bits per heavy atom. The molecule has 0 saturated carbocycles. The average molecular weight is 919 g/mol. The topological polar surface area (TPSA) is 152 Å². The van der Waals surface area contributed by atoms with E-state index in [1.165, 1.54) is 154 Å². The summed E-state index contributed by atoms with van der Waals surface area (Å²) >= 11 is 0. The van der Waals surface area contributed by atoms with Gasteiger partial charge in [-0.3, -0.25) is 9.59 Å². The molecule has 10 nitrogen and oxygen atoms in total. The van der Waals surface area contributed by atoms with Crippen molar-refractivity contribution in [2.45, 2.75) is 269 Å². The minimum absolute atomic E-state index is 0.172. The second kappa shape index (κ2) is 45.4. The lowest BCUT2D eigenvalue weighted by Crippen LogP contribution is -2.59. The number of esters is 2. The van der Waals surface area contributed by atoms with Gasteiger partial charge < -0.3 is 39.4 Å². The Morgan fingerprint density at radius 3 is 1.31 bits per heavy atom. The van der Waals surface area contributed by atoms with Gasteiger partial charge in [-0.25, -0.2) is 0 Å². The number of ether oxygens (including phenoxy) is 4. The fraction of sp³-hybridized carbons (Fsp3) is 0.818. The van der Waals surface area contributed by atoms with Gasteiger partial charge in [-0.1, -0.05) is 204 Å². The van der Waals surface area contributed by atoms with Crippen molar-refractivity contribution in [2.75, 3.05) is 19.8 Å². The van der Waals surface area contributed by atoms with Crippen molar-refractivity contribution in [3.05, 3.63) is 48.6 Å². The van der Waals surface area contributed by atoms with Crippen LogP contribution in [-0.2, 0) is 28.5 Å². The molecule has 4 N–H and O–H groups in total. The van der Waals surface area contributed by atoms with Gasteiger partial charge >= 0.3 is 11.9 Å². The van der Waals surface area contributed by atoms with E-state index in [-0.39, 0.29) is 26.1 Å². The minimum Gasteiger partial charge on any atom is -0.462 e. The molecule has 0 bridgehead atoms. The Labute approximate surface area is 397 Å². The van der Waals surface area contributed by atoms with E-state index < -0.39 is 55.4 Å². The van der Waals surface area contributed by atoms with Gasteiger partial charge in [0.2, 0.25) is 0 Å². The van der Waals surface area contributed by atoms with E-state index in [1.54, 1.807) is 0 Å². The third-order valence-electron chi connectivity index (χ3n) is 12.2. The maximum absolute atomic E-state index is 12.8. The number of carbonyl (C=O) groups excluding carboxylic acids is 2. The third-order valence-corrected chi connectivity index (χ3v) is 12.2. The predicted octanol–water partition coefficient (Wildman–Crippen LogP) is 12.8. The zero-order valence-electron chi connectivity index (χ0n) is 41.5. The molecule has 1 heterocycles. The van der Waals surface area contributed by atoms with Crippen LogP contribution < -0.4 is 0 Å². The van der Waals surface area contributed by atoms with Crippen molar-refractivity contribution >= 4 is 11.9 Å². The first-order valence-corrected chi connectivity index (χ1v) is 26.7. The van der Waals surface area contributed by atoms with Crippen molar-refractivity contribution in [2.24, 2.45) is 0 Å². The summed E-state index contributed by atoms with van der Waals surface area (Å²) in [6.07, 6.45) is 48.6. The smallest absolute Gasteiger partial charge is 0.306 e. The molecule has 65 heavy (non-hydrogen) atoms. The molecule has 0 radical (unpaired) electrons. The molecular weight excluding hydrogens is 821 g/mol. The third kappa shape index (κ3) is 36.4. The van der Waals surface area contributed by atoms with Crippen molar-refractivity contribution in [1.82, 2.24) is 0 Å². The number of unbranched alkanes of at least 4 members (excludes halogenated alkanes) is 26. The summed E-state index contributed by atoms with van der Waals surface area (Å²) in [5, 5.41) is 40.2. The summed E-state index contributed by atoms with van der Waals surface area (Å²) in [6, 6.07) is 0. The van der Waals surface area contributed by atoms with E-state index in [0.717, 1.165) is 38.5 Å². The normalized spacial score (nSPS) is 19.6. The number of allylic oxidation sites excluding steroid dienone is 8. The van der Waals surface area contributed by atoms with Crippen LogP contribution in [0.4, 0.5) is 0 Å². The zero-order chi connectivity index (χ0) is 47.3. The maximum atomic E-state index is 12.8. The molecule has 0 aromatic carbocycles. The summed E-state index contributed by atoms with van der Waals surface area (Å²) < 4.78 is 22.2. The SMILES string of the molecule is CCCCCCCC/C=C/C/C=C/C/C=C/CCCC(=O)OC[C@H](CO[C@@H]1O[C@H](CO)[C@H](O)C(O)C1O)OC(=O)CCC/C=C/CCCCCCCCCCCCCCCCCCCC. The number of rotatable bonds is 45. The van der Waals surface area contributed by atoms with Crippen molar-refractivity contribution in [3.63, 3.8) is 0 Å². The molecule has 0 spiro atoms. The molecule has 10 heteroatoms. The van der Waals surface area contributed by atoms with Gasteiger partial charge in [0, 0.05) is 12.8 Å². The van der Waals surface area contributed by atoms with Crippen molar-refractivity contribution in [1.29, 1.82) is 0 Å². The van der Waals surface area contributed by atoms with Crippen LogP contribution in [0.5, 0.6) is 0 Å². The summed E-state index contributed by atoms with van der Waals surface area (Å²) in [7, 11) is 0. The fourth-order valence-electron chi connectivity index (χ4n) is 7.97. The highest BCUT2D eigenvalue weighted by Gasteiger charge is 2.44. The molecule has 1 fully saturated rings. The van der Waals surface area contributed by atoms with Gasteiger partial charge in [0.15, 0.2) is 12.4 Å². The predicted molar refractivity (Wildman–Crippen MR) is 265 cm³/mol. The monoisotopic (exact) mass is 919 g/mol. The number of aliphatic hydroxyl groups is 4. The highest BCUT2D eigenvalue weighted by molar-refractivity contribution is 5.70. The Hall–Kier alpha value is -2.34.